The summed E-state index contributed by atoms with van der Waals surface area (Å²) in [6.07, 6.45) is 5.36. The zero-order chi connectivity index (χ0) is 13.4. The van der Waals surface area contributed by atoms with Gasteiger partial charge in [-0.1, -0.05) is 32.0 Å². The normalized spacial score (nSPS) is 24.2. The Hall–Kier alpha value is -1.31. The SMILES string of the molecule is CC(C)C1CCC(c2nn(C)c3ccccc23)CC1. The van der Waals surface area contributed by atoms with Crippen LogP contribution in [0.3, 0.4) is 0 Å². The molecular formula is C17H24N2. The third kappa shape index (κ3) is 2.29. The quantitative estimate of drug-likeness (QED) is 0.773. The smallest absolute Gasteiger partial charge is 0.0734 e. The maximum Gasteiger partial charge on any atom is 0.0734 e. The Balaban J connectivity index is 1.86. The van der Waals surface area contributed by atoms with Crippen LogP contribution in [0.4, 0.5) is 0 Å². The van der Waals surface area contributed by atoms with Gasteiger partial charge in [0.25, 0.3) is 0 Å². The van der Waals surface area contributed by atoms with Gasteiger partial charge in [-0.15, -0.1) is 0 Å². The first-order valence-corrected chi connectivity index (χ1v) is 7.58. The standard InChI is InChI=1S/C17H24N2/c1-12(2)13-8-10-14(11-9-13)17-15-6-4-5-7-16(15)19(3)18-17/h4-7,12-14H,8-11H2,1-3H3. The molecule has 0 saturated heterocycles. The summed E-state index contributed by atoms with van der Waals surface area (Å²) in [5.74, 6) is 2.42. The number of aryl methyl sites for hydroxylation is 1. The average Bonchev–Trinajstić information content (AvgIpc) is 2.77. The van der Waals surface area contributed by atoms with E-state index in [1.54, 1.807) is 0 Å². The Morgan fingerprint density at radius 1 is 1.11 bits per heavy atom. The summed E-state index contributed by atoms with van der Waals surface area (Å²) in [4.78, 5) is 0. The van der Waals surface area contributed by atoms with Crippen molar-refractivity contribution in [2.75, 3.05) is 0 Å². The van der Waals surface area contributed by atoms with Crippen molar-refractivity contribution in [1.29, 1.82) is 0 Å². The van der Waals surface area contributed by atoms with Gasteiger partial charge in [0, 0.05) is 18.4 Å². The number of hydrogen-bond donors (Lipinski definition) is 0. The first-order valence-electron chi connectivity index (χ1n) is 7.58. The van der Waals surface area contributed by atoms with Crippen LogP contribution in [0.2, 0.25) is 0 Å². The third-order valence-electron chi connectivity index (χ3n) is 4.89. The lowest BCUT2D eigenvalue weighted by molar-refractivity contribution is 0.257. The van der Waals surface area contributed by atoms with E-state index in [2.05, 4.69) is 45.2 Å². The van der Waals surface area contributed by atoms with Crippen molar-refractivity contribution < 1.29 is 0 Å². The molecule has 19 heavy (non-hydrogen) atoms. The topological polar surface area (TPSA) is 17.8 Å². The predicted molar refractivity (Wildman–Crippen MR) is 80.3 cm³/mol. The van der Waals surface area contributed by atoms with Crippen molar-refractivity contribution >= 4 is 10.9 Å². The van der Waals surface area contributed by atoms with E-state index in [9.17, 15) is 0 Å². The molecule has 1 aromatic carbocycles. The molecule has 1 saturated carbocycles. The molecule has 0 spiro atoms. The van der Waals surface area contributed by atoms with Crippen molar-refractivity contribution in [3.63, 3.8) is 0 Å². The van der Waals surface area contributed by atoms with E-state index in [1.165, 1.54) is 42.3 Å². The second-order valence-corrected chi connectivity index (χ2v) is 6.38. The highest BCUT2D eigenvalue weighted by molar-refractivity contribution is 5.82. The second-order valence-electron chi connectivity index (χ2n) is 6.38. The first-order chi connectivity index (χ1) is 9.16. The molecule has 0 aliphatic heterocycles. The van der Waals surface area contributed by atoms with E-state index < -0.39 is 0 Å². The van der Waals surface area contributed by atoms with Crippen LogP contribution in [-0.2, 0) is 7.05 Å². The Labute approximate surface area is 115 Å². The van der Waals surface area contributed by atoms with Crippen LogP contribution in [0.1, 0.15) is 51.1 Å². The molecule has 2 aromatic rings. The van der Waals surface area contributed by atoms with Gasteiger partial charge in [0.1, 0.15) is 0 Å². The van der Waals surface area contributed by atoms with Crippen LogP contribution in [0.15, 0.2) is 24.3 Å². The number of aromatic nitrogens is 2. The molecule has 0 bridgehead atoms. The predicted octanol–water partition coefficient (Wildman–Crippen LogP) is 4.50. The van der Waals surface area contributed by atoms with Crippen LogP contribution >= 0.6 is 0 Å². The number of rotatable bonds is 2. The minimum absolute atomic E-state index is 0.668. The lowest BCUT2D eigenvalue weighted by Gasteiger charge is -2.30. The summed E-state index contributed by atoms with van der Waals surface area (Å²) in [5.41, 5.74) is 2.60. The van der Waals surface area contributed by atoms with Gasteiger partial charge < -0.3 is 0 Å². The van der Waals surface area contributed by atoms with E-state index in [-0.39, 0.29) is 0 Å². The molecule has 102 valence electrons. The summed E-state index contributed by atoms with van der Waals surface area (Å²) in [5, 5.41) is 6.16. The van der Waals surface area contributed by atoms with Gasteiger partial charge in [0.05, 0.1) is 11.2 Å². The molecule has 1 fully saturated rings. The molecule has 0 amide bonds. The summed E-state index contributed by atoms with van der Waals surface area (Å²) in [6, 6.07) is 8.63. The van der Waals surface area contributed by atoms with Crippen molar-refractivity contribution in [1.82, 2.24) is 9.78 Å². The zero-order valence-corrected chi connectivity index (χ0v) is 12.3. The van der Waals surface area contributed by atoms with E-state index in [4.69, 9.17) is 5.10 Å². The summed E-state index contributed by atoms with van der Waals surface area (Å²) in [7, 11) is 2.06. The van der Waals surface area contributed by atoms with Gasteiger partial charge in [0.15, 0.2) is 0 Å². The maximum atomic E-state index is 4.80. The number of benzene rings is 1. The van der Waals surface area contributed by atoms with Crippen LogP contribution in [0.5, 0.6) is 0 Å². The van der Waals surface area contributed by atoms with Gasteiger partial charge in [-0.05, 0) is 43.6 Å². The van der Waals surface area contributed by atoms with Crippen molar-refractivity contribution in [2.45, 2.75) is 45.4 Å². The van der Waals surface area contributed by atoms with E-state index in [1.807, 2.05) is 4.68 Å². The fourth-order valence-electron chi connectivity index (χ4n) is 3.60. The van der Waals surface area contributed by atoms with E-state index in [0.29, 0.717) is 5.92 Å². The van der Waals surface area contributed by atoms with Crippen LogP contribution in [-0.4, -0.2) is 9.78 Å². The molecule has 3 rings (SSSR count). The maximum absolute atomic E-state index is 4.80. The first kappa shape index (κ1) is 12.7. The molecule has 2 nitrogen and oxygen atoms in total. The minimum Gasteiger partial charge on any atom is -0.268 e. The van der Waals surface area contributed by atoms with Crippen molar-refractivity contribution in [2.24, 2.45) is 18.9 Å². The fourth-order valence-corrected chi connectivity index (χ4v) is 3.60. The van der Waals surface area contributed by atoms with E-state index in [0.717, 1.165) is 11.8 Å². The van der Waals surface area contributed by atoms with Crippen LogP contribution in [0, 0.1) is 11.8 Å². The Bertz CT molecular complexity index is 560. The lowest BCUT2D eigenvalue weighted by atomic mass is 9.75. The summed E-state index contributed by atoms with van der Waals surface area (Å²) < 4.78 is 2.04. The molecule has 2 heteroatoms. The molecule has 0 atom stereocenters. The molecule has 1 heterocycles. The monoisotopic (exact) mass is 256 g/mol. The fraction of sp³-hybridized carbons (Fsp3) is 0.588. The number of para-hydroxylation sites is 1. The molecule has 0 radical (unpaired) electrons. The highest BCUT2D eigenvalue weighted by atomic mass is 15.3. The van der Waals surface area contributed by atoms with Gasteiger partial charge in [-0.2, -0.15) is 5.10 Å². The van der Waals surface area contributed by atoms with E-state index >= 15 is 0 Å². The Kier molecular flexibility index (Phi) is 3.34. The number of hydrogen-bond acceptors (Lipinski definition) is 1. The highest BCUT2D eigenvalue weighted by Crippen LogP contribution is 2.40. The molecule has 1 aliphatic carbocycles. The number of nitrogens with zero attached hydrogens (tertiary/aromatic N) is 2. The molecule has 1 aliphatic rings. The van der Waals surface area contributed by atoms with Crippen molar-refractivity contribution in [3.8, 4) is 0 Å². The van der Waals surface area contributed by atoms with Crippen molar-refractivity contribution in [3.05, 3.63) is 30.0 Å². The second kappa shape index (κ2) is 4.99. The molecular weight excluding hydrogens is 232 g/mol. The molecule has 0 N–H and O–H groups in total. The Morgan fingerprint density at radius 2 is 1.79 bits per heavy atom. The van der Waals surface area contributed by atoms with Crippen LogP contribution < -0.4 is 0 Å². The average molecular weight is 256 g/mol. The summed E-state index contributed by atoms with van der Waals surface area (Å²) in [6.45, 7) is 4.72. The summed E-state index contributed by atoms with van der Waals surface area (Å²) >= 11 is 0. The van der Waals surface area contributed by atoms with Gasteiger partial charge in [-0.3, -0.25) is 4.68 Å². The van der Waals surface area contributed by atoms with Gasteiger partial charge >= 0.3 is 0 Å². The zero-order valence-electron chi connectivity index (χ0n) is 12.3. The molecule has 1 aromatic heterocycles. The molecule has 0 unspecified atom stereocenters. The lowest BCUT2D eigenvalue weighted by Crippen LogP contribution is -2.18. The Morgan fingerprint density at radius 3 is 2.47 bits per heavy atom. The highest BCUT2D eigenvalue weighted by Gasteiger charge is 2.27. The minimum atomic E-state index is 0.668. The third-order valence-corrected chi connectivity index (χ3v) is 4.89. The van der Waals surface area contributed by atoms with Gasteiger partial charge in [-0.25, -0.2) is 0 Å². The number of fused-ring (bicyclic) bond motifs is 1. The van der Waals surface area contributed by atoms with Gasteiger partial charge in [0.2, 0.25) is 0 Å². The largest absolute Gasteiger partial charge is 0.268 e. The van der Waals surface area contributed by atoms with Crippen LogP contribution in [0.25, 0.3) is 10.9 Å².